The van der Waals surface area contributed by atoms with Crippen LogP contribution in [0.5, 0.6) is 0 Å². The molecule has 1 nitrogen and oxygen atoms in total. The third kappa shape index (κ3) is 9.67. The number of carbonyl (C=O) groups is 1. The van der Waals surface area contributed by atoms with Gasteiger partial charge in [-0.2, -0.15) is 0 Å². The average Bonchev–Trinajstić information content (AvgIpc) is 1.96. The summed E-state index contributed by atoms with van der Waals surface area (Å²) in [6.07, 6.45) is 8.12. The molecule has 0 N–H and O–H groups in total. The summed E-state index contributed by atoms with van der Waals surface area (Å²) in [7, 11) is 0. The van der Waals surface area contributed by atoms with Gasteiger partial charge in [0.2, 0.25) is 0 Å². The van der Waals surface area contributed by atoms with Crippen LogP contribution in [0.15, 0.2) is 0 Å². The van der Waals surface area contributed by atoms with Gasteiger partial charge in [0.1, 0.15) is 5.78 Å². The quantitative estimate of drug-likeness (QED) is 0.516. The highest BCUT2D eigenvalue weighted by Crippen LogP contribution is 2.06. The monoisotopic (exact) mass is 155 g/mol. The Labute approximate surface area is 70.2 Å². The maximum atomic E-state index is 10.4. The molecule has 0 aromatic carbocycles. The van der Waals surface area contributed by atoms with Crippen molar-refractivity contribution < 1.29 is 4.79 Å². The van der Waals surface area contributed by atoms with Gasteiger partial charge in [0.25, 0.3) is 0 Å². The Balaban J connectivity index is 2.85. The van der Waals surface area contributed by atoms with Gasteiger partial charge in [0.15, 0.2) is 0 Å². The van der Waals surface area contributed by atoms with Crippen LogP contribution in [0.2, 0.25) is 0 Å². The lowest BCUT2D eigenvalue weighted by molar-refractivity contribution is -0.114. The number of Topliss-reactive ketones (excluding diaryl/α,β-unsaturated/α-hetero) is 1. The first-order valence-corrected chi connectivity index (χ1v) is 4.62. The molecule has 1 heteroatoms. The van der Waals surface area contributed by atoms with Crippen molar-refractivity contribution in [3.63, 3.8) is 0 Å². The smallest absolute Gasteiger partial charge is 0.133 e. The van der Waals surface area contributed by atoms with E-state index in [9.17, 15) is 4.79 Å². The van der Waals surface area contributed by atoms with Crippen molar-refractivity contribution in [2.24, 2.45) is 0 Å². The van der Waals surface area contributed by atoms with Crippen LogP contribution >= 0.6 is 0 Å². The fraction of sp³-hybridized carbons (Fsp3) is 0.800. The van der Waals surface area contributed by atoms with Crippen LogP contribution in [0.3, 0.4) is 0 Å². The molecule has 0 amide bonds. The van der Waals surface area contributed by atoms with E-state index in [0.29, 0.717) is 6.42 Å². The molecule has 0 aromatic heterocycles. The SMILES string of the molecule is [CH2]C(=O)CCCCCCCC. The van der Waals surface area contributed by atoms with Crippen LogP contribution in [-0.4, -0.2) is 5.78 Å². The van der Waals surface area contributed by atoms with E-state index >= 15 is 0 Å². The number of hydrogen-bond donors (Lipinski definition) is 0. The molecule has 0 saturated heterocycles. The van der Waals surface area contributed by atoms with Crippen molar-refractivity contribution in [2.75, 3.05) is 0 Å². The first-order chi connectivity index (χ1) is 5.27. The van der Waals surface area contributed by atoms with E-state index in [4.69, 9.17) is 0 Å². The molecule has 0 aliphatic carbocycles. The van der Waals surface area contributed by atoms with E-state index < -0.39 is 0 Å². The Hall–Kier alpha value is -0.330. The van der Waals surface area contributed by atoms with Gasteiger partial charge in [0, 0.05) is 13.3 Å². The molecule has 0 fully saturated rings. The Bertz CT molecular complexity index is 97.0. The molecular weight excluding hydrogens is 136 g/mol. The van der Waals surface area contributed by atoms with E-state index in [1.165, 1.54) is 32.1 Å². The Morgan fingerprint density at radius 3 is 2.18 bits per heavy atom. The number of unbranched alkanes of at least 4 members (excludes halogenated alkanes) is 5. The molecule has 0 aliphatic heterocycles. The minimum absolute atomic E-state index is 0.0838. The molecule has 0 heterocycles. The highest BCUT2D eigenvalue weighted by Gasteiger charge is 1.93. The zero-order chi connectivity index (χ0) is 8.53. The lowest BCUT2D eigenvalue weighted by Gasteiger charge is -1.97. The molecule has 11 heavy (non-hydrogen) atoms. The predicted octanol–water partition coefficient (Wildman–Crippen LogP) is 3.14. The van der Waals surface area contributed by atoms with Crippen molar-refractivity contribution in [3.8, 4) is 0 Å². The molecule has 0 spiro atoms. The largest absolute Gasteiger partial charge is 0.300 e. The van der Waals surface area contributed by atoms with E-state index in [-0.39, 0.29) is 5.78 Å². The first-order valence-electron chi connectivity index (χ1n) is 4.62. The van der Waals surface area contributed by atoms with Gasteiger partial charge in [-0.25, -0.2) is 0 Å². The summed E-state index contributed by atoms with van der Waals surface area (Å²) in [6, 6.07) is 0. The maximum absolute atomic E-state index is 10.4. The van der Waals surface area contributed by atoms with Gasteiger partial charge < -0.3 is 0 Å². The van der Waals surface area contributed by atoms with Gasteiger partial charge in [-0.1, -0.05) is 39.0 Å². The lowest BCUT2D eigenvalue weighted by atomic mass is 10.1. The minimum atomic E-state index is 0.0838. The van der Waals surface area contributed by atoms with E-state index in [1.807, 2.05) is 0 Å². The van der Waals surface area contributed by atoms with E-state index in [0.717, 1.165) is 6.42 Å². The minimum Gasteiger partial charge on any atom is -0.300 e. The van der Waals surface area contributed by atoms with E-state index in [2.05, 4.69) is 13.8 Å². The van der Waals surface area contributed by atoms with Gasteiger partial charge in [0.05, 0.1) is 0 Å². The number of ketones is 1. The highest BCUT2D eigenvalue weighted by molar-refractivity contribution is 5.82. The normalized spacial score (nSPS) is 10.0. The Kier molecular flexibility index (Phi) is 7.54. The molecule has 0 bridgehead atoms. The summed E-state index contributed by atoms with van der Waals surface area (Å²) in [5.41, 5.74) is 0. The van der Waals surface area contributed by atoms with Gasteiger partial charge in [-0.15, -0.1) is 0 Å². The second-order valence-corrected chi connectivity index (χ2v) is 3.06. The second kappa shape index (κ2) is 7.77. The van der Waals surface area contributed by atoms with E-state index in [1.54, 1.807) is 0 Å². The Morgan fingerprint density at radius 2 is 1.64 bits per heavy atom. The highest BCUT2D eigenvalue weighted by atomic mass is 16.1. The average molecular weight is 155 g/mol. The second-order valence-electron chi connectivity index (χ2n) is 3.06. The standard InChI is InChI=1S/C10H19O/c1-3-4-5-6-7-8-9-10(2)11/h2-9H2,1H3. The molecule has 0 rings (SSSR count). The fourth-order valence-electron chi connectivity index (χ4n) is 1.10. The molecule has 1 radical (unpaired) electrons. The van der Waals surface area contributed by atoms with Crippen molar-refractivity contribution in [1.82, 2.24) is 0 Å². The third-order valence-corrected chi connectivity index (χ3v) is 1.81. The third-order valence-electron chi connectivity index (χ3n) is 1.81. The van der Waals surface area contributed by atoms with Crippen LogP contribution in [0.25, 0.3) is 0 Å². The predicted molar refractivity (Wildman–Crippen MR) is 48.4 cm³/mol. The van der Waals surface area contributed by atoms with Gasteiger partial charge >= 0.3 is 0 Å². The van der Waals surface area contributed by atoms with Crippen LogP contribution in [0, 0.1) is 6.92 Å². The van der Waals surface area contributed by atoms with Crippen molar-refractivity contribution in [3.05, 3.63) is 6.92 Å². The number of hydrogen-bond acceptors (Lipinski definition) is 1. The first kappa shape index (κ1) is 10.7. The zero-order valence-electron chi connectivity index (χ0n) is 7.57. The van der Waals surface area contributed by atoms with Crippen LogP contribution in [0.1, 0.15) is 51.9 Å². The summed E-state index contributed by atoms with van der Waals surface area (Å²) in [5.74, 6) is 0.0838. The summed E-state index contributed by atoms with van der Waals surface area (Å²) in [4.78, 5) is 10.4. The zero-order valence-corrected chi connectivity index (χ0v) is 7.57. The van der Waals surface area contributed by atoms with Gasteiger partial charge in [-0.3, -0.25) is 4.79 Å². The topological polar surface area (TPSA) is 17.1 Å². The van der Waals surface area contributed by atoms with Crippen molar-refractivity contribution in [2.45, 2.75) is 51.9 Å². The summed E-state index contributed by atoms with van der Waals surface area (Å²) in [6.45, 7) is 5.54. The molecule has 0 unspecified atom stereocenters. The van der Waals surface area contributed by atoms with Crippen molar-refractivity contribution in [1.29, 1.82) is 0 Å². The van der Waals surface area contributed by atoms with Crippen LogP contribution < -0.4 is 0 Å². The summed E-state index contributed by atoms with van der Waals surface area (Å²) < 4.78 is 0. The lowest BCUT2D eigenvalue weighted by Crippen LogP contribution is -1.89. The maximum Gasteiger partial charge on any atom is 0.133 e. The summed E-state index contributed by atoms with van der Waals surface area (Å²) in [5, 5.41) is 0. The molecule has 0 aliphatic rings. The number of carbonyl (C=O) groups excluding carboxylic acids is 1. The van der Waals surface area contributed by atoms with Crippen LogP contribution in [0.4, 0.5) is 0 Å². The Morgan fingerprint density at radius 1 is 1.09 bits per heavy atom. The van der Waals surface area contributed by atoms with Crippen molar-refractivity contribution >= 4 is 5.78 Å². The molecule has 65 valence electrons. The van der Waals surface area contributed by atoms with Crippen LogP contribution in [-0.2, 0) is 4.79 Å². The molecule has 0 aromatic rings. The van der Waals surface area contributed by atoms with Gasteiger partial charge in [-0.05, 0) is 6.42 Å². The number of rotatable bonds is 7. The molecular formula is C10H19O. The molecule has 0 saturated carbocycles. The fourth-order valence-corrected chi connectivity index (χ4v) is 1.10. The summed E-state index contributed by atoms with van der Waals surface area (Å²) >= 11 is 0. The molecule has 0 atom stereocenters.